The van der Waals surface area contributed by atoms with E-state index < -0.39 is 0 Å². The van der Waals surface area contributed by atoms with Gasteiger partial charge in [-0.1, -0.05) is 60.7 Å². The van der Waals surface area contributed by atoms with Crippen LogP contribution in [-0.4, -0.2) is 15.8 Å². The van der Waals surface area contributed by atoms with Crippen molar-refractivity contribution in [2.24, 2.45) is 0 Å². The van der Waals surface area contributed by atoms with Gasteiger partial charge in [-0.25, -0.2) is 4.98 Å². The Morgan fingerprint density at radius 3 is 2.52 bits per heavy atom. The average Bonchev–Trinajstić information content (AvgIpc) is 3.35. The first-order valence-electron chi connectivity index (χ1n) is 10.7. The molecule has 3 aromatic carbocycles. The van der Waals surface area contributed by atoms with E-state index in [-0.39, 0.29) is 17.8 Å². The molecule has 1 aromatic heterocycles. The number of hydrogen-bond acceptors (Lipinski definition) is 3. The number of rotatable bonds is 6. The summed E-state index contributed by atoms with van der Waals surface area (Å²) in [5.41, 5.74) is 4.28. The largest absolute Gasteiger partial charge is 0.482 e. The number of H-pyrrole nitrogens is 1. The van der Waals surface area contributed by atoms with E-state index in [2.05, 4.69) is 46.4 Å². The molecular weight excluding hydrogens is 384 g/mol. The summed E-state index contributed by atoms with van der Waals surface area (Å²) in [6.07, 6.45) is 5.42. The molecule has 2 atom stereocenters. The molecule has 1 aliphatic carbocycles. The van der Waals surface area contributed by atoms with E-state index in [1.54, 1.807) is 6.20 Å². The Morgan fingerprint density at radius 2 is 1.77 bits per heavy atom. The smallest absolute Gasteiger partial charge is 0.163 e. The van der Waals surface area contributed by atoms with Crippen molar-refractivity contribution in [3.8, 4) is 5.75 Å². The Balaban J connectivity index is 1.48. The van der Waals surface area contributed by atoms with Gasteiger partial charge in [-0.2, -0.15) is 0 Å². The molecule has 4 heteroatoms. The van der Waals surface area contributed by atoms with Gasteiger partial charge in [0, 0.05) is 36.7 Å². The van der Waals surface area contributed by atoms with Crippen LogP contribution in [-0.2, 0) is 6.42 Å². The highest BCUT2D eigenvalue weighted by molar-refractivity contribution is 5.99. The predicted molar refractivity (Wildman–Crippen MR) is 120 cm³/mol. The third-order valence-corrected chi connectivity index (χ3v) is 5.93. The zero-order valence-electron chi connectivity index (χ0n) is 17.2. The number of hydrogen-bond donors (Lipinski definition) is 1. The lowest BCUT2D eigenvalue weighted by Gasteiger charge is -2.26. The number of carbonyl (C=O) groups excluding carboxylic acids is 1. The van der Waals surface area contributed by atoms with Gasteiger partial charge in [-0.3, -0.25) is 4.79 Å². The quantitative estimate of drug-likeness (QED) is 0.433. The van der Waals surface area contributed by atoms with Crippen LogP contribution in [0.3, 0.4) is 0 Å². The molecule has 154 valence electrons. The summed E-state index contributed by atoms with van der Waals surface area (Å²) in [5, 5.41) is 0. The van der Waals surface area contributed by atoms with E-state index >= 15 is 0 Å². The van der Waals surface area contributed by atoms with Crippen molar-refractivity contribution in [3.05, 3.63) is 119 Å². The molecule has 2 unspecified atom stereocenters. The maximum absolute atomic E-state index is 12.6. The van der Waals surface area contributed by atoms with Crippen LogP contribution in [0.25, 0.3) is 0 Å². The van der Waals surface area contributed by atoms with Crippen molar-refractivity contribution in [1.82, 2.24) is 9.97 Å². The van der Waals surface area contributed by atoms with E-state index in [9.17, 15) is 4.79 Å². The minimum atomic E-state index is -0.245. The highest BCUT2D eigenvalue weighted by atomic mass is 16.5. The number of carbonyl (C=O) groups is 1. The fraction of sp³-hybridized carbons (Fsp3) is 0.185. The second-order valence-corrected chi connectivity index (χ2v) is 7.94. The first-order valence-corrected chi connectivity index (χ1v) is 10.7. The summed E-state index contributed by atoms with van der Waals surface area (Å²) < 4.78 is 6.44. The number of ketones is 1. The molecule has 0 bridgehead atoms. The Bertz CT molecular complexity index is 1150. The first-order chi connectivity index (χ1) is 15.3. The third kappa shape index (κ3) is 4.15. The van der Waals surface area contributed by atoms with Crippen LogP contribution in [0.1, 0.15) is 57.7 Å². The summed E-state index contributed by atoms with van der Waals surface area (Å²) in [6.45, 7) is 0. The molecule has 1 heterocycles. The molecule has 0 saturated carbocycles. The summed E-state index contributed by atoms with van der Waals surface area (Å²) in [5.74, 6) is 1.96. The number of imidazole rings is 1. The lowest BCUT2D eigenvalue weighted by atomic mass is 9.78. The fourth-order valence-corrected chi connectivity index (χ4v) is 4.39. The molecule has 0 spiro atoms. The second-order valence-electron chi connectivity index (χ2n) is 7.94. The summed E-state index contributed by atoms with van der Waals surface area (Å²) >= 11 is 0. The first kappa shape index (κ1) is 19.3. The van der Waals surface area contributed by atoms with Crippen LogP contribution < -0.4 is 4.74 Å². The van der Waals surface area contributed by atoms with Gasteiger partial charge >= 0.3 is 0 Å². The Morgan fingerprint density at radius 1 is 1.00 bits per heavy atom. The van der Waals surface area contributed by atoms with Crippen LogP contribution >= 0.6 is 0 Å². The van der Waals surface area contributed by atoms with Gasteiger partial charge in [0.05, 0.1) is 0 Å². The third-order valence-electron chi connectivity index (χ3n) is 5.93. The van der Waals surface area contributed by atoms with Gasteiger partial charge in [-0.05, 0) is 41.3 Å². The van der Waals surface area contributed by atoms with Crippen molar-refractivity contribution >= 4 is 5.78 Å². The maximum atomic E-state index is 12.6. The van der Waals surface area contributed by atoms with E-state index in [0.29, 0.717) is 12.8 Å². The molecule has 1 aliphatic rings. The van der Waals surface area contributed by atoms with E-state index in [1.165, 1.54) is 11.1 Å². The molecule has 0 aliphatic heterocycles. The van der Waals surface area contributed by atoms with Crippen molar-refractivity contribution < 1.29 is 9.53 Å². The molecule has 0 fully saturated rings. The molecule has 4 aromatic rings. The van der Waals surface area contributed by atoms with Crippen LogP contribution in [0.4, 0.5) is 0 Å². The van der Waals surface area contributed by atoms with Crippen LogP contribution in [0.2, 0.25) is 0 Å². The molecule has 4 nitrogen and oxygen atoms in total. The molecule has 1 N–H and O–H groups in total. The van der Waals surface area contributed by atoms with Crippen molar-refractivity contribution in [1.29, 1.82) is 0 Å². The van der Waals surface area contributed by atoms with E-state index in [4.69, 9.17) is 4.74 Å². The van der Waals surface area contributed by atoms with Gasteiger partial charge < -0.3 is 9.72 Å². The number of nitrogens with one attached hydrogen (secondary N) is 1. The van der Waals surface area contributed by atoms with Gasteiger partial charge in [0.25, 0.3) is 0 Å². The minimum absolute atomic E-state index is 0.202. The minimum Gasteiger partial charge on any atom is -0.482 e. The van der Waals surface area contributed by atoms with Crippen molar-refractivity contribution in [2.75, 3.05) is 0 Å². The van der Waals surface area contributed by atoms with Crippen LogP contribution in [0, 0.1) is 0 Å². The highest BCUT2D eigenvalue weighted by Gasteiger charge is 2.28. The predicted octanol–water partition coefficient (Wildman–Crippen LogP) is 5.88. The van der Waals surface area contributed by atoms with Crippen LogP contribution in [0.5, 0.6) is 5.75 Å². The summed E-state index contributed by atoms with van der Waals surface area (Å²) in [4.78, 5) is 20.2. The summed E-state index contributed by atoms with van der Waals surface area (Å²) in [6, 6.07) is 26.5. The SMILES string of the molecule is O=C1CCC(c2ccccc2)c2cc(OC(Cc3ccccc3)c3ncc[nH]3)ccc21. The van der Waals surface area contributed by atoms with E-state index in [1.807, 2.05) is 48.7 Å². The maximum Gasteiger partial charge on any atom is 0.163 e. The number of nitrogens with zero attached hydrogens (tertiary/aromatic N) is 1. The average molecular weight is 409 g/mol. The summed E-state index contributed by atoms with van der Waals surface area (Å²) in [7, 11) is 0. The number of fused-ring (bicyclic) bond motifs is 1. The van der Waals surface area contributed by atoms with Gasteiger partial charge in [0.1, 0.15) is 11.6 Å². The Kier molecular flexibility index (Phi) is 5.36. The van der Waals surface area contributed by atoms with Crippen LogP contribution in [0.15, 0.2) is 91.3 Å². The molecule has 0 radical (unpaired) electrons. The number of ether oxygens (including phenoxy) is 1. The normalized spacial score (nSPS) is 16.5. The molecular formula is C27H24N2O2. The highest BCUT2D eigenvalue weighted by Crippen LogP contribution is 2.39. The zero-order valence-corrected chi connectivity index (χ0v) is 17.2. The lowest BCUT2D eigenvalue weighted by Crippen LogP contribution is -2.18. The van der Waals surface area contributed by atoms with Gasteiger partial charge in [0.15, 0.2) is 11.9 Å². The Labute approximate surface area is 181 Å². The second kappa shape index (κ2) is 8.60. The fourth-order valence-electron chi connectivity index (χ4n) is 4.39. The number of aromatic amines is 1. The number of aromatic nitrogens is 2. The standard InChI is InChI=1S/C27H24N2O2/c30-25-14-13-22(20-9-5-2-6-10-20)24-18-21(11-12-23(24)25)31-26(27-28-15-16-29-27)17-19-7-3-1-4-8-19/h1-12,15-16,18,22,26H,13-14,17H2,(H,28,29). The van der Waals surface area contributed by atoms with Gasteiger partial charge in [0.2, 0.25) is 0 Å². The van der Waals surface area contributed by atoms with Gasteiger partial charge in [-0.15, -0.1) is 0 Å². The topological polar surface area (TPSA) is 55.0 Å². The monoisotopic (exact) mass is 408 g/mol. The Hall–Kier alpha value is -3.66. The molecule has 5 rings (SSSR count). The molecule has 31 heavy (non-hydrogen) atoms. The van der Waals surface area contributed by atoms with Crippen molar-refractivity contribution in [3.63, 3.8) is 0 Å². The lowest BCUT2D eigenvalue weighted by molar-refractivity contribution is 0.0969. The number of Topliss-reactive ketones (excluding diaryl/α,β-unsaturated/α-hetero) is 1. The zero-order chi connectivity index (χ0) is 21.0. The van der Waals surface area contributed by atoms with E-state index in [0.717, 1.165) is 29.1 Å². The molecule has 0 saturated heterocycles. The number of benzene rings is 3. The van der Waals surface area contributed by atoms with Crippen molar-refractivity contribution in [2.45, 2.75) is 31.3 Å². The molecule has 0 amide bonds.